The molecule has 1 nitrogen and oxygen atoms in total. The van der Waals surface area contributed by atoms with Gasteiger partial charge in [0, 0.05) is 17.3 Å². The normalized spacial score (nSPS) is 10.8. The predicted octanol–water partition coefficient (Wildman–Crippen LogP) is 4.02. The van der Waals surface area contributed by atoms with Crippen molar-refractivity contribution < 1.29 is 0 Å². The Balaban J connectivity index is 2.19. The quantitative estimate of drug-likeness (QED) is 0.607. The highest BCUT2D eigenvalue weighted by atomic mass is 32.1. The van der Waals surface area contributed by atoms with Crippen LogP contribution in [0.15, 0.2) is 48.5 Å². The lowest BCUT2D eigenvalue weighted by atomic mass is 10.2. The van der Waals surface area contributed by atoms with Crippen molar-refractivity contribution in [2.45, 2.75) is 0 Å². The van der Waals surface area contributed by atoms with Crippen LogP contribution >= 0.6 is 11.3 Å². The Morgan fingerprint density at radius 2 is 1.88 bits per heavy atom. The number of benzene rings is 1. The van der Waals surface area contributed by atoms with E-state index in [1.54, 1.807) is 17.4 Å². The molecule has 0 spiro atoms. The molecule has 2 aromatic heterocycles. The molecule has 2 heterocycles. The highest BCUT2D eigenvalue weighted by Gasteiger charge is 2.04. The summed E-state index contributed by atoms with van der Waals surface area (Å²) in [7, 11) is 0. The number of rotatable bonds is 1. The van der Waals surface area contributed by atoms with Gasteiger partial charge in [-0.25, -0.2) is 0 Å². The molecule has 0 saturated carbocycles. The number of hydrogen-bond donors (Lipinski definition) is 0. The van der Waals surface area contributed by atoms with Crippen molar-refractivity contribution in [2.24, 2.45) is 0 Å². The molecule has 3 rings (SSSR count). The Hall–Kier alpha value is -1.67. The number of fused-ring (bicyclic) bond motifs is 1. The van der Waals surface area contributed by atoms with Gasteiger partial charge in [-0.05, 0) is 29.7 Å². The summed E-state index contributed by atoms with van der Waals surface area (Å²) in [4.78, 5) is 5.49. The summed E-state index contributed by atoms with van der Waals surface area (Å²) in [5.41, 5.74) is 1.51. The zero-order valence-electron chi connectivity index (χ0n) is 8.55. The van der Waals surface area contributed by atoms with Gasteiger partial charge in [0.25, 0.3) is 0 Å². The van der Waals surface area contributed by atoms with Crippen molar-refractivity contribution in [3.05, 3.63) is 61.1 Å². The van der Waals surface area contributed by atoms with Gasteiger partial charge < -0.3 is 0 Å². The molecule has 0 aliphatic carbocycles. The lowest BCUT2D eigenvalue weighted by Gasteiger charge is -1.96. The minimum absolute atomic E-state index is 0.565. The first-order valence-electron chi connectivity index (χ1n) is 5.04. The van der Waals surface area contributed by atoms with E-state index in [-0.39, 0.29) is 0 Å². The summed E-state index contributed by atoms with van der Waals surface area (Å²) in [6.07, 6.45) is 0. The second kappa shape index (κ2) is 3.72. The molecule has 0 aliphatic rings. The van der Waals surface area contributed by atoms with Gasteiger partial charge >= 0.3 is 0 Å². The first kappa shape index (κ1) is 9.55. The van der Waals surface area contributed by atoms with E-state index in [9.17, 15) is 0 Å². The van der Waals surface area contributed by atoms with Crippen molar-refractivity contribution in [2.75, 3.05) is 0 Å². The second-order valence-electron chi connectivity index (χ2n) is 3.60. The fourth-order valence-corrected chi connectivity index (χ4v) is 2.73. The fraction of sp³-hybridized carbons (Fsp3) is 0. The molecule has 1 aromatic carbocycles. The SMILES string of the molecule is [CH]c1cccc(-c2cc3ccccc3s2)n1. The number of hydrogen-bond acceptors (Lipinski definition) is 2. The van der Waals surface area contributed by atoms with Crippen LogP contribution in [0.5, 0.6) is 0 Å². The zero-order valence-corrected chi connectivity index (χ0v) is 9.37. The molecule has 2 heteroatoms. The van der Waals surface area contributed by atoms with Gasteiger partial charge in [-0.3, -0.25) is 4.98 Å². The van der Waals surface area contributed by atoms with Crippen LogP contribution in [-0.2, 0) is 0 Å². The minimum atomic E-state index is 0.565. The molecule has 16 heavy (non-hydrogen) atoms. The van der Waals surface area contributed by atoms with Gasteiger partial charge in [-0.15, -0.1) is 11.3 Å². The lowest BCUT2D eigenvalue weighted by molar-refractivity contribution is 1.28. The molecule has 0 atom stereocenters. The standard InChI is InChI=1S/C14H9NS/c1-10-5-4-7-12(15-10)14-9-11-6-2-3-8-13(11)16-14/h1-9H. The third-order valence-corrected chi connectivity index (χ3v) is 3.59. The summed E-state index contributed by atoms with van der Waals surface area (Å²) < 4.78 is 1.28. The van der Waals surface area contributed by atoms with E-state index in [2.05, 4.69) is 29.2 Å². The van der Waals surface area contributed by atoms with Gasteiger partial charge in [0.2, 0.25) is 0 Å². The smallest absolute Gasteiger partial charge is 0.0805 e. The van der Waals surface area contributed by atoms with E-state index >= 15 is 0 Å². The third kappa shape index (κ3) is 1.61. The van der Waals surface area contributed by atoms with E-state index in [1.807, 2.05) is 18.2 Å². The maximum atomic E-state index is 5.68. The highest BCUT2D eigenvalue weighted by Crippen LogP contribution is 2.32. The van der Waals surface area contributed by atoms with E-state index in [1.165, 1.54) is 10.1 Å². The molecule has 0 saturated heterocycles. The molecular formula is C14H9NS. The summed E-state index contributed by atoms with van der Waals surface area (Å²) in [5, 5.41) is 1.26. The summed E-state index contributed by atoms with van der Waals surface area (Å²) in [5.74, 6) is 0. The summed E-state index contributed by atoms with van der Waals surface area (Å²) in [6.45, 7) is 5.68. The van der Waals surface area contributed by atoms with E-state index in [0.29, 0.717) is 5.69 Å². The molecule has 0 N–H and O–H groups in total. The van der Waals surface area contributed by atoms with Gasteiger partial charge in [-0.1, -0.05) is 24.3 Å². The van der Waals surface area contributed by atoms with Crippen molar-refractivity contribution in [3.63, 3.8) is 0 Å². The molecule has 0 amide bonds. The van der Waals surface area contributed by atoms with E-state index in [0.717, 1.165) is 10.6 Å². The lowest BCUT2D eigenvalue weighted by Crippen LogP contribution is -1.82. The van der Waals surface area contributed by atoms with Crippen LogP contribution in [0.1, 0.15) is 5.69 Å². The third-order valence-electron chi connectivity index (χ3n) is 2.45. The molecule has 0 unspecified atom stereocenters. The van der Waals surface area contributed by atoms with Crippen molar-refractivity contribution in [1.82, 2.24) is 4.98 Å². The summed E-state index contributed by atoms with van der Waals surface area (Å²) in [6, 6.07) is 16.2. The Labute approximate surface area is 98.4 Å². The average molecular weight is 223 g/mol. The van der Waals surface area contributed by atoms with E-state index in [4.69, 9.17) is 6.92 Å². The fourth-order valence-electron chi connectivity index (χ4n) is 1.70. The monoisotopic (exact) mass is 223 g/mol. The Kier molecular flexibility index (Phi) is 2.22. The topological polar surface area (TPSA) is 12.9 Å². The van der Waals surface area contributed by atoms with Crippen molar-refractivity contribution in [1.29, 1.82) is 0 Å². The molecule has 0 aliphatic heterocycles. The molecular weight excluding hydrogens is 214 g/mol. The Morgan fingerprint density at radius 3 is 2.69 bits per heavy atom. The van der Waals surface area contributed by atoms with Crippen molar-refractivity contribution >= 4 is 21.4 Å². The predicted molar refractivity (Wildman–Crippen MR) is 68.5 cm³/mol. The van der Waals surface area contributed by atoms with Gasteiger partial charge in [0.15, 0.2) is 0 Å². The minimum Gasteiger partial charge on any atom is -0.252 e. The van der Waals surface area contributed by atoms with Gasteiger partial charge in [0.1, 0.15) is 0 Å². The Morgan fingerprint density at radius 1 is 1.00 bits per heavy atom. The largest absolute Gasteiger partial charge is 0.252 e. The maximum absolute atomic E-state index is 5.68. The molecule has 3 aromatic rings. The number of aromatic nitrogens is 1. The molecule has 2 radical (unpaired) electrons. The highest BCUT2D eigenvalue weighted by molar-refractivity contribution is 7.22. The van der Waals surface area contributed by atoms with Crippen LogP contribution in [0.2, 0.25) is 0 Å². The number of nitrogens with zero attached hydrogens (tertiary/aromatic N) is 1. The van der Waals surface area contributed by atoms with Gasteiger partial charge in [-0.2, -0.15) is 0 Å². The zero-order chi connectivity index (χ0) is 11.0. The summed E-state index contributed by atoms with van der Waals surface area (Å²) >= 11 is 1.74. The van der Waals surface area contributed by atoms with Crippen LogP contribution in [0.3, 0.4) is 0 Å². The average Bonchev–Trinajstić information content (AvgIpc) is 2.72. The Bertz CT molecular complexity index is 607. The number of pyridine rings is 1. The van der Waals surface area contributed by atoms with Crippen LogP contribution < -0.4 is 0 Å². The first-order valence-corrected chi connectivity index (χ1v) is 5.86. The maximum Gasteiger partial charge on any atom is 0.0805 e. The first-order chi connectivity index (χ1) is 7.83. The second-order valence-corrected chi connectivity index (χ2v) is 4.68. The molecule has 76 valence electrons. The molecule has 0 fully saturated rings. The van der Waals surface area contributed by atoms with Gasteiger partial charge in [0.05, 0.1) is 10.6 Å². The van der Waals surface area contributed by atoms with Crippen LogP contribution in [0, 0.1) is 6.92 Å². The van der Waals surface area contributed by atoms with Crippen LogP contribution in [0.4, 0.5) is 0 Å². The van der Waals surface area contributed by atoms with Crippen LogP contribution in [0.25, 0.3) is 20.7 Å². The van der Waals surface area contributed by atoms with Crippen molar-refractivity contribution in [3.8, 4) is 10.6 Å². The van der Waals surface area contributed by atoms with Crippen LogP contribution in [-0.4, -0.2) is 4.98 Å². The van der Waals surface area contributed by atoms with E-state index < -0.39 is 0 Å². The number of thiophene rings is 1. The molecule has 0 bridgehead atoms.